The van der Waals surface area contributed by atoms with Gasteiger partial charge in [-0.2, -0.15) is 0 Å². The van der Waals surface area contributed by atoms with Gasteiger partial charge in [-0.1, -0.05) is 77.7 Å². The first-order valence-corrected chi connectivity index (χ1v) is 6.62. The van der Waals surface area contributed by atoms with Crippen molar-refractivity contribution in [2.75, 3.05) is 0 Å². The Bertz CT molecular complexity index is 200. The van der Waals surface area contributed by atoms with E-state index in [4.69, 9.17) is 0 Å². The predicted molar refractivity (Wildman–Crippen MR) is 68.9 cm³/mol. The minimum atomic E-state index is 0.368. The molecule has 0 heteroatoms. The van der Waals surface area contributed by atoms with Gasteiger partial charge in [0.05, 0.1) is 0 Å². The Balaban J connectivity index is 2.97. The van der Waals surface area contributed by atoms with E-state index >= 15 is 0 Å². The maximum Gasteiger partial charge on any atom is 0.0123 e. The minimum absolute atomic E-state index is 0.368. The van der Waals surface area contributed by atoms with Gasteiger partial charge in [0.2, 0.25) is 0 Å². The first kappa shape index (κ1) is 12.5. The predicted octanol–water partition coefficient (Wildman–Crippen LogP) is 4.97. The van der Waals surface area contributed by atoms with Crippen molar-refractivity contribution in [3.05, 3.63) is 24.3 Å². The van der Waals surface area contributed by atoms with Gasteiger partial charge < -0.3 is 0 Å². The third-order valence-electron chi connectivity index (χ3n) is 4.27. The fraction of sp³-hybridized carbons (Fsp3) is 0.733. The zero-order chi connectivity index (χ0) is 11.3. The van der Waals surface area contributed by atoms with Crippen molar-refractivity contribution in [1.29, 1.82) is 0 Å². The summed E-state index contributed by atoms with van der Waals surface area (Å²) in [4.78, 5) is 0. The lowest BCUT2D eigenvalue weighted by Crippen LogP contribution is -2.33. The Morgan fingerprint density at radius 3 is 1.33 bits per heavy atom. The monoisotopic (exact) mass is 206 g/mol. The van der Waals surface area contributed by atoms with Crippen molar-refractivity contribution in [1.82, 2.24) is 0 Å². The highest BCUT2D eigenvalue weighted by atomic mass is 14.4. The topological polar surface area (TPSA) is 0 Å². The van der Waals surface area contributed by atoms with E-state index in [-0.39, 0.29) is 0 Å². The summed E-state index contributed by atoms with van der Waals surface area (Å²) in [5.41, 5.74) is 0.368. The van der Waals surface area contributed by atoms with Crippen LogP contribution in [0.25, 0.3) is 0 Å². The lowest BCUT2D eigenvalue weighted by Gasteiger charge is -2.40. The molecule has 1 aliphatic rings. The molecule has 0 nitrogen and oxygen atoms in total. The van der Waals surface area contributed by atoms with Gasteiger partial charge in [0.1, 0.15) is 0 Å². The van der Waals surface area contributed by atoms with E-state index in [1.807, 2.05) is 0 Å². The number of rotatable bonds is 6. The van der Waals surface area contributed by atoms with Crippen LogP contribution in [0.4, 0.5) is 0 Å². The quantitative estimate of drug-likeness (QED) is 0.575. The van der Waals surface area contributed by atoms with Crippen LogP contribution in [0.15, 0.2) is 24.3 Å². The molecule has 0 saturated carbocycles. The van der Waals surface area contributed by atoms with Crippen molar-refractivity contribution in [2.45, 2.75) is 53.4 Å². The summed E-state index contributed by atoms with van der Waals surface area (Å²) in [6.07, 6.45) is 14.6. The summed E-state index contributed by atoms with van der Waals surface area (Å²) in [6, 6.07) is 0. The van der Waals surface area contributed by atoms with Gasteiger partial charge in [-0.15, -0.1) is 0 Å². The summed E-state index contributed by atoms with van der Waals surface area (Å²) >= 11 is 0. The highest BCUT2D eigenvalue weighted by molar-refractivity contribution is 5.27. The van der Waals surface area contributed by atoms with Crippen LogP contribution in [-0.4, -0.2) is 0 Å². The van der Waals surface area contributed by atoms with Crippen LogP contribution < -0.4 is 0 Å². The molecule has 0 aliphatic heterocycles. The summed E-state index contributed by atoms with van der Waals surface area (Å²) in [7, 11) is 0. The second kappa shape index (κ2) is 5.53. The fourth-order valence-electron chi connectivity index (χ4n) is 3.37. The Hall–Kier alpha value is -0.520. The third-order valence-corrected chi connectivity index (χ3v) is 4.27. The molecule has 0 atom stereocenters. The van der Waals surface area contributed by atoms with Crippen molar-refractivity contribution in [2.24, 2.45) is 17.3 Å². The molecule has 0 aromatic rings. The highest BCUT2D eigenvalue weighted by Crippen LogP contribution is 2.47. The van der Waals surface area contributed by atoms with Crippen molar-refractivity contribution in [3.63, 3.8) is 0 Å². The van der Waals surface area contributed by atoms with E-state index < -0.39 is 0 Å². The molecule has 0 bridgehead atoms. The smallest absolute Gasteiger partial charge is 0.0123 e. The molecule has 0 N–H and O–H groups in total. The van der Waals surface area contributed by atoms with Gasteiger partial charge in [0, 0.05) is 5.41 Å². The van der Waals surface area contributed by atoms with Gasteiger partial charge in [-0.05, 0) is 11.8 Å². The van der Waals surface area contributed by atoms with Gasteiger partial charge in [-0.25, -0.2) is 0 Å². The molecule has 0 amide bonds. The van der Waals surface area contributed by atoms with Gasteiger partial charge in [-0.3, -0.25) is 0 Å². The van der Waals surface area contributed by atoms with E-state index in [0.29, 0.717) is 5.41 Å². The number of hydrogen-bond acceptors (Lipinski definition) is 0. The van der Waals surface area contributed by atoms with Crippen LogP contribution >= 0.6 is 0 Å². The molecule has 0 fully saturated rings. The van der Waals surface area contributed by atoms with Crippen LogP contribution in [0.1, 0.15) is 53.4 Å². The molecular formula is C15H26. The molecule has 86 valence electrons. The second-order valence-electron chi connectivity index (χ2n) is 4.75. The zero-order valence-electron chi connectivity index (χ0n) is 10.8. The molecule has 0 spiro atoms. The second-order valence-corrected chi connectivity index (χ2v) is 4.75. The maximum atomic E-state index is 2.46. The summed E-state index contributed by atoms with van der Waals surface area (Å²) in [5.74, 6) is 1.63. The van der Waals surface area contributed by atoms with Crippen LogP contribution in [0, 0.1) is 17.3 Å². The molecule has 15 heavy (non-hydrogen) atoms. The fourth-order valence-corrected chi connectivity index (χ4v) is 3.37. The Morgan fingerprint density at radius 1 is 0.733 bits per heavy atom. The van der Waals surface area contributed by atoms with Gasteiger partial charge in [0.15, 0.2) is 0 Å². The number of hydrogen-bond donors (Lipinski definition) is 0. The molecule has 1 aliphatic carbocycles. The molecular weight excluding hydrogens is 180 g/mol. The lowest BCUT2D eigenvalue weighted by molar-refractivity contribution is 0.170. The Kier molecular flexibility index (Phi) is 4.63. The summed E-state index contributed by atoms with van der Waals surface area (Å²) < 4.78 is 0. The maximum absolute atomic E-state index is 2.46. The largest absolute Gasteiger partial charge is 0.0740 e. The minimum Gasteiger partial charge on any atom is -0.0740 e. The van der Waals surface area contributed by atoms with Gasteiger partial charge >= 0.3 is 0 Å². The average molecular weight is 206 g/mol. The molecule has 0 unspecified atom stereocenters. The first-order chi connectivity index (χ1) is 7.25. The Morgan fingerprint density at radius 2 is 1.07 bits per heavy atom. The number of allylic oxidation sites excluding steroid dienone is 4. The van der Waals surface area contributed by atoms with E-state index in [9.17, 15) is 0 Å². The highest BCUT2D eigenvalue weighted by Gasteiger charge is 2.38. The first-order valence-electron chi connectivity index (χ1n) is 6.62. The molecule has 0 aromatic heterocycles. The average Bonchev–Trinajstić information content (AvgIpc) is 2.72. The van der Waals surface area contributed by atoms with Crippen LogP contribution in [-0.2, 0) is 0 Å². The van der Waals surface area contributed by atoms with Crippen LogP contribution in [0.5, 0.6) is 0 Å². The van der Waals surface area contributed by atoms with Crippen LogP contribution in [0.2, 0.25) is 0 Å². The van der Waals surface area contributed by atoms with E-state index in [1.165, 1.54) is 25.7 Å². The van der Waals surface area contributed by atoms with Crippen LogP contribution in [0.3, 0.4) is 0 Å². The van der Waals surface area contributed by atoms with Crippen molar-refractivity contribution < 1.29 is 0 Å². The lowest BCUT2D eigenvalue weighted by atomic mass is 9.64. The van der Waals surface area contributed by atoms with E-state index in [2.05, 4.69) is 52.0 Å². The summed E-state index contributed by atoms with van der Waals surface area (Å²) in [5, 5.41) is 0. The summed E-state index contributed by atoms with van der Waals surface area (Å²) in [6.45, 7) is 9.33. The molecule has 0 heterocycles. The van der Waals surface area contributed by atoms with E-state index in [0.717, 1.165) is 11.8 Å². The van der Waals surface area contributed by atoms with E-state index in [1.54, 1.807) is 0 Å². The standard InChI is InChI=1S/C15H26/c1-5-13(6-2)15(11-9-10-12-15)14(7-3)8-4/h9-14H,5-8H2,1-4H3. The zero-order valence-corrected chi connectivity index (χ0v) is 10.8. The molecule has 0 aromatic carbocycles. The Labute approximate surface area is 95.5 Å². The molecule has 1 rings (SSSR count). The molecule has 0 radical (unpaired) electrons. The third kappa shape index (κ3) is 2.19. The van der Waals surface area contributed by atoms with Crippen molar-refractivity contribution in [3.8, 4) is 0 Å². The normalized spacial score (nSPS) is 18.3. The molecule has 0 saturated heterocycles. The SMILES string of the molecule is CCC(CC)C1(C(CC)CC)C=CC=C1. The van der Waals surface area contributed by atoms with Gasteiger partial charge in [0.25, 0.3) is 0 Å². The van der Waals surface area contributed by atoms with Crippen molar-refractivity contribution >= 4 is 0 Å².